The van der Waals surface area contributed by atoms with Crippen LogP contribution in [0.3, 0.4) is 0 Å². The van der Waals surface area contributed by atoms with Crippen molar-refractivity contribution in [1.82, 2.24) is 4.90 Å². The molecule has 6 heteroatoms. The second-order valence-corrected chi connectivity index (χ2v) is 8.12. The minimum absolute atomic E-state index is 0.0347. The van der Waals surface area contributed by atoms with E-state index in [0.717, 1.165) is 47.6 Å². The number of ether oxygens (including phenoxy) is 1. The van der Waals surface area contributed by atoms with Crippen LogP contribution in [0, 0.1) is 0 Å². The van der Waals surface area contributed by atoms with E-state index in [9.17, 15) is 9.59 Å². The molecule has 6 nitrogen and oxygen atoms in total. The van der Waals surface area contributed by atoms with Crippen molar-refractivity contribution in [2.45, 2.75) is 25.3 Å². The molecule has 2 amide bonds. The topological polar surface area (TPSA) is 70.7 Å². The van der Waals surface area contributed by atoms with Gasteiger partial charge in [-0.25, -0.2) is 0 Å². The zero-order valence-corrected chi connectivity index (χ0v) is 18.8. The Labute approximate surface area is 194 Å². The number of hydrogen-bond acceptors (Lipinski definition) is 4. The van der Waals surface area contributed by atoms with E-state index in [1.54, 1.807) is 7.11 Å². The summed E-state index contributed by atoms with van der Waals surface area (Å²) in [6.07, 6.45) is 2.06. The fraction of sp³-hybridized carbons (Fsp3) is 0.259. The first-order valence-electron chi connectivity index (χ1n) is 11.3. The van der Waals surface area contributed by atoms with Crippen LogP contribution < -0.4 is 15.4 Å². The summed E-state index contributed by atoms with van der Waals surface area (Å²) in [6.45, 7) is 1.36. The highest BCUT2D eigenvalue weighted by atomic mass is 16.5. The van der Waals surface area contributed by atoms with E-state index in [1.807, 2.05) is 78.9 Å². The smallest absolute Gasteiger partial charge is 0.241 e. The fourth-order valence-electron chi connectivity index (χ4n) is 4.21. The number of carbonyl (C=O) groups excluding carboxylic acids is 2. The molecule has 0 aromatic heterocycles. The normalized spacial score (nSPS) is 15.7. The molecule has 2 N–H and O–H groups in total. The van der Waals surface area contributed by atoms with E-state index >= 15 is 0 Å². The Morgan fingerprint density at radius 2 is 1.67 bits per heavy atom. The highest BCUT2D eigenvalue weighted by Crippen LogP contribution is 2.28. The van der Waals surface area contributed by atoms with Gasteiger partial charge in [-0.05, 0) is 55.3 Å². The van der Waals surface area contributed by atoms with Crippen molar-refractivity contribution < 1.29 is 14.3 Å². The van der Waals surface area contributed by atoms with Gasteiger partial charge in [-0.15, -0.1) is 0 Å². The van der Waals surface area contributed by atoms with E-state index in [-0.39, 0.29) is 17.9 Å². The van der Waals surface area contributed by atoms with E-state index in [0.29, 0.717) is 13.0 Å². The third kappa shape index (κ3) is 5.79. The molecule has 1 saturated heterocycles. The highest BCUT2D eigenvalue weighted by molar-refractivity contribution is 5.96. The second kappa shape index (κ2) is 10.8. The molecule has 4 rings (SSSR count). The van der Waals surface area contributed by atoms with Gasteiger partial charge in [-0.3, -0.25) is 14.5 Å². The molecule has 3 aromatic carbocycles. The maximum Gasteiger partial charge on any atom is 0.241 e. The average molecular weight is 444 g/mol. The Balaban J connectivity index is 1.33. The van der Waals surface area contributed by atoms with Crippen LogP contribution >= 0.6 is 0 Å². The molecule has 1 unspecified atom stereocenters. The summed E-state index contributed by atoms with van der Waals surface area (Å²) >= 11 is 0. The molecule has 0 aliphatic carbocycles. The maximum absolute atomic E-state index is 12.8. The summed E-state index contributed by atoms with van der Waals surface area (Å²) in [5.41, 5.74) is 3.58. The van der Waals surface area contributed by atoms with Crippen LogP contribution in [0.1, 0.15) is 19.3 Å². The molecule has 0 saturated carbocycles. The molecule has 1 atom stereocenters. The number of methoxy groups -OCH3 is 1. The van der Waals surface area contributed by atoms with Gasteiger partial charge in [0.1, 0.15) is 5.75 Å². The SMILES string of the molecule is COc1ccc(NC(=O)C2CCCN2CCC(=O)Nc2ccccc2-c2ccccc2)cc1. The summed E-state index contributed by atoms with van der Waals surface area (Å²) in [5, 5.41) is 6.03. The molecule has 0 spiro atoms. The molecular formula is C27H29N3O3. The van der Waals surface area contributed by atoms with Gasteiger partial charge in [-0.1, -0.05) is 48.5 Å². The number of benzene rings is 3. The molecule has 0 bridgehead atoms. The number of nitrogens with zero attached hydrogens (tertiary/aromatic N) is 1. The van der Waals surface area contributed by atoms with Crippen molar-refractivity contribution in [2.24, 2.45) is 0 Å². The van der Waals surface area contributed by atoms with Gasteiger partial charge in [0.2, 0.25) is 11.8 Å². The van der Waals surface area contributed by atoms with Crippen molar-refractivity contribution in [2.75, 3.05) is 30.8 Å². The van der Waals surface area contributed by atoms with E-state index in [2.05, 4.69) is 15.5 Å². The summed E-state index contributed by atoms with van der Waals surface area (Å²) < 4.78 is 5.16. The minimum Gasteiger partial charge on any atom is -0.497 e. The van der Waals surface area contributed by atoms with Crippen LogP contribution in [0.15, 0.2) is 78.9 Å². The molecule has 33 heavy (non-hydrogen) atoms. The van der Waals surface area contributed by atoms with Crippen LogP contribution in [-0.4, -0.2) is 43.0 Å². The zero-order chi connectivity index (χ0) is 23.0. The largest absolute Gasteiger partial charge is 0.497 e. The lowest BCUT2D eigenvalue weighted by molar-refractivity contribution is -0.121. The van der Waals surface area contributed by atoms with Crippen LogP contribution in [0.4, 0.5) is 11.4 Å². The third-order valence-electron chi connectivity index (χ3n) is 5.94. The monoisotopic (exact) mass is 443 g/mol. The standard InChI is InChI=1S/C27H29N3O3/c1-33-22-15-13-21(14-16-22)28-27(32)25-12-7-18-30(25)19-17-26(31)29-24-11-6-5-10-23(24)20-8-3-2-4-9-20/h2-6,8-11,13-16,25H,7,12,17-19H2,1H3,(H,28,32)(H,29,31). The van der Waals surface area contributed by atoms with Gasteiger partial charge in [0, 0.05) is 29.9 Å². The zero-order valence-electron chi connectivity index (χ0n) is 18.8. The van der Waals surface area contributed by atoms with Gasteiger partial charge in [0.25, 0.3) is 0 Å². The first-order chi connectivity index (χ1) is 16.1. The third-order valence-corrected chi connectivity index (χ3v) is 5.94. The molecule has 1 aliphatic rings. The number of carbonyl (C=O) groups is 2. The van der Waals surface area contributed by atoms with Crippen molar-refractivity contribution in [3.8, 4) is 16.9 Å². The number of rotatable bonds is 8. The molecule has 0 radical (unpaired) electrons. The highest BCUT2D eigenvalue weighted by Gasteiger charge is 2.30. The number of amides is 2. The van der Waals surface area contributed by atoms with Crippen molar-refractivity contribution in [3.63, 3.8) is 0 Å². The number of hydrogen-bond donors (Lipinski definition) is 2. The lowest BCUT2D eigenvalue weighted by Gasteiger charge is -2.23. The van der Waals surface area contributed by atoms with Crippen molar-refractivity contribution >= 4 is 23.2 Å². The molecule has 170 valence electrons. The minimum atomic E-state index is -0.225. The Hall–Kier alpha value is -3.64. The van der Waals surface area contributed by atoms with Crippen molar-refractivity contribution in [1.29, 1.82) is 0 Å². The maximum atomic E-state index is 12.8. The van der Waals surface area contributed by atoms with E-state index < -0.39 is 0 Å². The molecule has 1 heterocycles. The van der Waals surface area contributed by atoms with Crippen LogP contribution in [0.5, 0.6) is 5.75 Å². The van der Waals surface area contributed by atoms with Gasteiger partial charge >= 0.3 is 0 Å². The number of anilines is 2. The Kier molecular flexibility index (Phi) is 7.37. The van der Waals surface area contributed by atoms with Gasteiger partial charge in [0.15, 0.2) is 0 Å². The quantitative estimate of drug-likeness (QED) is 0.525. The second-order valence-electron chi connectivity index (χ2n) is 8.12. The van der Waals surface area contributed by atoms with Crippen LogP contribution in [-0.2, 0) is 9.59 Å². The number of likely N-dealkylation sites (tertiary alicyclic amines) is 1. The average Bonchev–Trinajstić information content (AvgIpc) is 3.33. The van der Waals surface area contributed by atoms with E-state index in [1.165, 1.54) is 0 Å². The van der Waals surface area contributed by atoms with E-state index in [4.69, 9.17) is 4.74 Å². The van der Waals surface area contributed by atoms with Crippen LogP contribution in [0.2, 0.25) is 0 Å². The first kappa shape index (κ1) is 22.6. The molecule has 1 fully saturated rings. The van der Waals surface area contributed by atoms with Gasteiger partial charge in [-0.2, -0.15) is 0 Å². The Bertz CT molecular complexity index is 1080. The summed E-state index contributed by atoms with van der Waals surface area (Å²) in [6, 6.07) is 24.9. The fourth-order valence-corrected chi connectivity index (χ4v) is 4.21. The lowest BCUT2D eigenvalue weighted by atomic mass is 10.0. The predicted molar refractivity (Wildman–Crippen MR) is 131 cm³/mol. The van der Waals surface area contributed by atoms with Crippen LogP contribution in [0.25, 0.3) is 11.1 Å². The lowest BCUT2D eigenvalue weighted by Crippen LogP contribution is -2.40. The van der Waals surface area contributed by atoms with Gasteiger partial charge < -0.3 is 15.4 Å². The summed E-state index contributed by atoms with van der Waals surface area (Å²) in [7, 11) is 1.61. The van der Waals surface area contributed by atoms with Gasteiger partial charge in [0.05, 0.1) is 13.2 Å². The summed E-state index contributed by atoms with van der Waals surface area (Å²) in [4.78, 5) is 27.7. The number of para-hydroxylation sites is 1. The van der Waals surface area contributed by atoms with Crippen molar-refractivity contribution in [3.05, 3.63) is 78.9 Å². The molecular weight excluding hydrogens is 414 g/mol. The summed E-state index contributed by atoms with van der Waals surface area (Å²) in [5.74, 6) is 0.655. The Morgan fingerprint density at radius 1 is 0.939 bits per heavy atom. The molecule has 1 aliphatic heterocycles. The molecule has 3 aromatic rings. The first-order valence-corrected chi connectivity index (χ1v) is 11.3. The predicted octanol–water partition coefficient (Wildman–Crippen LogP) is 4.79. The number of nitrogens with one attached hydrogen (secondary N) is 2. The Morgan fingerprint density at radius 3 is 2.42 bits per heavy atom.